The summed E-state index contributed by atoms with van der Waals surface area (Å²) in [5, 5.41) is 10.3. The van der Waals surface area contributed by atoms with Gasteiger partial charge in [0.25, 0.3) is 0 Å². The molecule has 0 aliphatic heterocycles. The fraction of sp³-hybridized carbons (Fsp3) is 0.591. The SMILES string of the molecule is CN(O)CCCCCCCC/C=C\C#CCCCCc1cccnc1. The van der Waals surface area contributed by atoms with Crippen LogP contribution in [-0.2, 0) is 6.42 Å². The van der Waals surface area contributed by atoms with E-state index in [1.165, 1.54) is 49.2 Å². The molecule has 138 valence electrons. The Morgan fingerprint density at radius 1 is 1.08 bits per heavy atom. The van der Waals surface area contributed by atoms with E-state index in [0.29, 0.717) is 0 Å². The second kappa shape index (κ2) is 15.9. The lowest BCUT2D eigenvalue weighted by atomic mass is 10.1. The summed E-state index contributed by atoms with van der Waals surface area (Å²) in [4.78, 5) is 4.13. The third-order valence-electron chi connectivity index (χ3n) is 4.15. The van der Waals surface area contributed by atoms with Crippen LogP contribution in [0.3, 0.4) is 0 Å². The number of aromatic nitrogens is 1. The first kappa shape index (κ1) is 21.4. The molecule has 0 spiro atoms. The van der Waals surface area contributed by atoms with Crippen molar-refractivity contribution in [2.75, 3.05) is 13.6 Å². The van der Waals surface area contributed by atoms with Crippen LogP contribution in [0.2, 0.25) is 0 Å². The van der Waals surface area contributed by atoms with Gasteiger partial charge in [0.05, 0.1) is 0 Å². The quantitative estimate of drug-likeness (QED) is 0.296. The van der Waals surface area contributed by atoms with Gasteiger partial charge < -0.3 is 5.21 Å². The summed E-state index contributed by atoms with van der Waals surface area (Å²) in [6.45, 7) is 0.783. The van der Waals surface area contributed by atoms with Crippen molar-refractivity contribution in [3.63, 3.8) is 0 Å². The van der Waals surface area contributed by atoms with E-state index in [-0.39, 0.29) is 0 Å². The molecular weight excluding hydrogens is 308 g/mol. The van der Waals surface area contributed by atoms with E-state index < -0.39 is 0 Å². The van der Waals surface area contributed by atoms with E-state index in [2.05, 4.69) is 29.0 Å². The molecular formula is C22H34N2O. The van der Waals surface area contributed by atoms with Crippen LogP contribution in [0.15, 0.2) is 36.7 Å². The molecule has 25 heavy (non-hydrogen) atoms. The van der Waals surface area contributed by atoms with Crippen LogP contribution in [0.4, 0.5) is 0 Å². The van der Waals surface area contributed by atoms with Crippen molar-refractivity contribution >= 4 is 0 Å². The molecule has 0 aliphatic rings. The van der Waals surface area contributed by atoms with Gasteiger partial charge in [0, 0.05) is 32.4 Å². The van der Waals surface area contributed by atoms with Crippen LogP contribution in [0, 0.1) is 11.8 Å². The molecule has 1 rings (SSSR count). The number of hydrogen-bond donors (Lipinski definition) is 1. The predicted molar refractivity (Wildman–Crippen MR) is 105 cm³/mol. The van der Waals surface area contributed by atoms with Gasteiger partial charge in [-0.2, -0.15) is 5.06 Å². The number of aryl methyl sites for hydroxylation is 1. The van der Waals surface area contributed by atoms with Crippen molar-refractivity contribution in [3.05, 3.63) is 42.2 Å². The fourth-order valence-electron chi connectivity index (χ4n) is 2.67. The molecule has 1 aromatic heterocycles. The second-order valence-corrected chi connectivity index (χ2v) is 6.58. The van der Waals surface area contributed by atoms with Crippen molar-refractivity contribution in [1.82, 2.24) is 10.0 Å². The van der Waals surface area contributed by atoms with Gasteiger partial charge in [0.15, 0.2) is 0 Å². The molecule has 0 bridgehead atoms. The molecule has 0 radical (unpaired) electrons. The molecule has 1 heterocycles. The summed E-state index contributed by atoms with van der Waals surface area (Å²) in [5.41, 5.74) is 1.32. The number of pyridine rings is 1. The molecule has 3 nitrogen and oxygen atoms in total. The molecule has 0 fully saturated rings. The smallest absolute Gasteiger partial charge is 0.0299 e. The van der Waals surface area contributed by atoms with Crippen LogP contribution in [0.1, 0.15) is 69.8 Å². The van der Waals surface area contributed by atoms with Crippen molar-refractivity contribution in [2.24, 2.45) is 0 Å². The number of rotatable bonds is 13. The maximum Gasteiger partial charge on any atom is 0.0299 e. The zero-order chi connectivity index (χ0) is 18.0. The number of nitrogens with zero attached hydrogens (tertiary/aromatic N) is 2. The molecule has 0 amide bonds. The minimum atomic E-state index is 0.783. The fourth-order valence-corrected chi connectivity index (χ4v) is 2.67. The standard InChI is InChI=1S/C22H34N2O/c1-24(25)20-15-13-11-9-7-5-3-2-4-6-8-10-12-14-17-22-18-16-19-23-21-22/h2,4,16,18-19,21,25H,3,5,7,9-15,17,20H2,1H3/b4-2-. The maximum atomic E-state index is 9.02. The van der Waals surface area contributed by atoms with Gasteiger partial charge in [0.2, 0.25) is 0 Å². The van der Waals surface area contributed by atoms with E-state index in [4.69, 9.17) is 5.21 Å². The molecule has 3 heteroatoms. The van der Waals surface area contributed by atoms with Gasteiger partial charge >= 0.3 is 0 Å². The molecule has 0 atom stereocenters. The highest BCUT2D eigenvalue weighted by atomic mass is 16.5. The van der Waals surface area contributed by atoms with Gasteiger partial charge in [0.1, 0.15) is 0 Å². The van der Waals surface area contributed by atoms with Gasteiger partial charge in [-0.15, -0.1) is 0 Å². The van der Waals surface area contributed by atoms with Gasteiger partial charge in [-0.25, -0.2) is 0 Å². The maximum absolute atomic E-state index is 9.02. The Kier molecular flexibility index (Phi) is 13.6. The predicted octanol–water partition coefficient (Wildman–Crippen LogP) is 5.41. The van der Waals surface area contributed by atoms with Crippen molar-refractivity contribution in [3.8, 4) is 11.8 Å². The third-order valence-corrected chi connectivity index (χ3v) is 4.15. The first-order valence-corrected chi connectivity index (χ1v) is 9.71. The van der Waals surface area contributed by atoms with Gasteiger partial charge in [-0.3, -0.25) is 4.98 Å². The molecule has 0 unspecified atom stereocenters. The van der Waals surface area contributed by atoms with E-state index in [0.717, 1.165) is 38.6 Å². The highest BCUT2D eigenvalue weighted by molar-refractivity contribution is 5.15. The van der Waals surface area contributed by atoms with E-state index in [9.17, 15) is 0 Å². The monoisotopic (exact) mass is 342 g/mol. The molecule has 0 aromatic carbocycles. The summed E-state index contributed by atoms with van der Waals surface area (Å²) in [6, 6.07) is 4.13. The highest BCUT2D eigenvalue weighted by Crippen LogP contribution is 2.08. The molecule has 0 saturated carbocycles. The summed E-state index contributed by atoms with van der Waals surface area (Å²) in [6.07, 6.45) is 20.9. The minimum Gasteiger partial charge on any atom is -0.314 e. The van der Waals surface area contributed by atoms with E-state index in [1.54, 1.807) is 7.05 Å². The minimum absolute atomic E-state index is 0.783. The van der Waals surface area contributed by atoms with Crippen LogP contribution >= 0.6 is 0 Å². The topological polar surface area (TPSA) is 36.4 Å². The van der Waals surface area contributed by atoms with Crippen molar-refractivity contribution in [2.45, 2.75) is 70.6 Å². The Morgan fingerprint density at radius 3 is 2.64 bits per heavy atom. The average Bonchev–Trinajstić information content (AvgIpc) is 2.62. The Balaban J connectivity index is 1.86. The summed E-state index contributed by atoms with van der Waals surface area (Å²) in [5.74, 6) is 6.37. The van der Waals surface area contributed by atoms with Crippen molar-refractivity contribution in [1.29, 1.82) is 0 Å². The Labute approximate surface area is 154 Å². The normalized spacial score (nSPS) is 11.0. The van der Waals surface area contributed by atoms with Crippen LogP contribution in [0.5, 0.6) is 0 Å². The number of hydroxylamine groups is 2. The Hall–Kier alpha value is -1.63. The number of allylic oxidation sites excluding steroid dienone is 2. The molecule has 1 aromatic rings. The summed E-state index contributed by atoms with van der Waals surface area (Å²) >= 11 is 0. The van der Waals surface area contributed by atoms with Crippen molar-refractivity contribution < 1.29 is 5.21 Å². The third kappa shape index (κ3) is 14.4. The first-order chi connectivity index (χ1) is 12.3. The zero-order valence-corrected chi connectivity index (χ0v) is 15.8. The van der Waals surface area contributed by atoms with E-state index in [1.807, 2.05) is 24.5 Å². The number of unbranched alkanes of at least 4 members (excludes halogenated alkanes) is 8. The zero-order valence-electron chi connectivity index (χ0n) is 15.8. The number of hydrogen-bond acceptors (Lipinski definition) is 3. The first-order valence-electron chi connectivity index (χ1n) is 9.71. The second-order valence-electron chi connectivity index (χ2n) is 6.58. The van der Waals surface area contributed by atoms with Gasteiger partial charge in [-0.1, -0.05) is 49.7 Å². The lowest BCUT2D eigenvalue weighted by molar-refractivity contribution is -0.0655. The largest absolute Gasteiger partial charge is 0.314 e. The molecule has 1 N–H and O–H groups in total. The van der Waals surface area contributed by atoms with E-state index >= 15 is 0 Å². The lowest BCUT2D eigenvalue weighted by Gasteiger charge is -2.06. The summed E-state index contributed by atoms with van der Waals surface area (Å²) < 4.78 is 0. The van der Waals surface area contributed by atoms with Gasteiger partial charge in [-0.05, 0) is 56.2 Å². The average molecular weight is 343 g/mol. The van der Waals surface area contributed by atoms with Crippen LogP contribution in [0.25, 0.3) is 0 Å². The highest BCUT2D eigenvalue weighted by Gasteiger charge is 1.93. The summed E-state index contributed by atoms with van der Waals surface area (Å²) in [7, 11) is 1.71. The lowest BCUT2D eigenvalue weighted by Crippen LogP contribution is -2.13. The Morgan fingerprint density at radius 2 is 1.88 bits per heavy atom. The van der Waals surface area contributed by atoms with Crippen LogP contribution < -0.4 is 0 Å². The Bertz CT molecular complexity index is 500. The molecule has 0 aliphatic carbocycles. The molecule has 0 saturated heterocycles. The van der Waals surface area contributed by atoms with Crippen LogP contribution in [-0.4, -0.2) is 28.8 Å².